The highest BCUT2D eigenvalue weighted by Gasteiger charge is 2.63. The summed E-state index contributed by atoms with van der Waals surface area (Å²) >= 11 is 0. The lowest BCUT2D eigenvalue weighted by Crippen LogP contribution is -2.35. The molecule has 4 heterocycles. The average molecular weight is 326 g/mol. The lowest BCUT2D eigenvalue weighted by atomic mass is 10.1. The summed E-state index contributed by atoms with van der Waals surface area (Å²) in [4.78, 5) is 0. The Kier molecular flexibility index (Phi) is 3.43. The van der Waals surface area contributed by atoms with Crippen LogP contribution in [0, 0.1) is 0 Å². The van der Waals surface area contributed by atoms with Gasteiger partial charge in [0.2, 0.25) is 0 Å². The third-order valence-electron chi connectivity index (χ3n) is 4.68. The summed E-state index contributed by atoms with van der Waals surface area (Å²) in [5.74, 6) is -1.18. The van der Waals surface area contributed by atoms with Crippen molar-refractivity contribution in [2.45, 2.75) is 37.2 Å². The first-order chi connectivity index (χ1) is 11.8. The lowest BCUT2D eigenvalue weighted by molar-refractivity contribution is -0.349. The average Bonchev–Trinajstić information content (AvgIpc) is 2.99. The van der Waals surface area contributed by atoms with Crippen molar-refractivity contribution < 1.29 is 23.7 Å². The Labute approximate surface area is 140 Å². The van der Waals surface area contributed by atoms with Crippen LogP contribution in [0.4, 0.5) is 0 Å². The highest BCUT2D eigenvalue weighted by Crippen LogP contribution is 2.48. The van der Waals surface area contributed by atoms with Crippen molar-refractivity contribution in [3.05, 3.63) is 71.8 Å². The molecule has 5 nitrogen and oxygen atoms in total. The van der Waals surface area contributed by atoms with E-state index in [9.17, 15) is 0 Å². The van der Waals surface area contributed by atoms with Gasteiger partial charge in [-0.3, -0.25) is 4.74 Å². The fourth-order valence-electron chi connectivity index (χ4n) is 3.50. The highest BCUT2D eigenvalue weighted by atomic mass is 17.0. The molecule has 5 heteroatoms. The Hall–Kier alpha value is -1.76. The van der Waals surface area contributed by atoms with Crippen LogP contribution < -0.4 is 0 Å². The van der Waals surface area contributed by atoms with E-state index in [0.717, 1.165) is 11.1 Å². The zero-order valence-electron chi connectivity index (χ0n) is 13.0. The molecule has 4 aliphatic rings. The summed E-state index contributed by atoms with van der Waals surface area (Å²) in [6.07, 6.45) is -1.14. The molecule has 0 N–H and O–H groups in total. The van der Waals surface area contributed by atoms with Crippen molar-refractivity contribution in [2.24, 2.45) is 0 Å². The molecule has 6 rings (SSSR count). The predicted octanol–water partition coefficient (Wildman–Crippen LogP) is 2.55. The Morgan fingerprint density at radius 1 is 0.958 bits per heavy atom. The Morgan fingerprint density at radius 2 is 1.71 bits per heavy atom. The molecule has 0 aliphatic carbocycles. The molecule has 0 amide bonds. The SMILES string of the molecule is c1ccc(CO[C@H]2[C@@H]3O[C@]4(c5ccccc5)OC[C@H]2O[C@H]3O4)cc1. The van der Waals surface area contributed by atoms with Crippen LogP contribution >= 0.6 is 0 Å². The van der Waals surface area contributed by atoms with Crippen LogP contribution in [-0.4, -0.2) is 31.2 Å². The van der Waals surface area contributed by atoms with Crippen molar-refractivity contribution in [1.82, 2.24) is 0 Å². The largest absolute Gasteiger partial charge is 0.368 e. The van der Waals surface area contributed by atoms with Crippen molar-refractivity contribution in [3.63, 3.8) is 0 Å². The lowest BCUT2D eigenvalue weighted by Gasteiger charge is -2.25. The summed E-state index contributed by atoms with van der Waals surface area (Å²) < 4.78 is 30.1. The highest BCUT2D eigenvalue weighted by molar-refractivity contribution is 5.20. The molecule has 4 aliphatic heterocycles. The maximum Gasteiger partial charge on any atom is 0.314 e. The van der Waals surface area contributed by atoms with Crippen LogP contribution in [0.15, 0.2) is 60.7 Å². The number of rotatable bonds is 4. The standard InChI is InChI=1S/C19H18O5/c1-3-7-13(8-4-1)11-20-16-15-12-21-19(14-9-5-2-6-10-14)23-17(16)18(22-15)24-19/h1-10,15-18H,11-12H2/t15-,16-,17+,18+,19+/m1/s1. The zero-order chi connectivity index (χ0) is 16.0. The predicted molar refractivity (Wildman–Crippen MR) is 83.7 cm³/mol. The molecule has 2 aromatic carbocycles. The normalized spacial score (nSPS) is 36.8. The van der Waals surface area contributed by atoms with Crippen molar-refractivity contribution in [1.29, 1.82) is 0 Å². The molecule has 5 atom stereocenters. The van der Waals surface area contributed by atoms with Crippen LogP contribution in [-0.2, 0) is 36.3 Å². The number of hydrogen-bond donors (Lipinski definition) is 0. The summed E-state index contributed by atoms with van der Waals surface area (Å²) in [5.41, 5.74) is 1.96. The van der Waals surface area contributed by atoms with E-state index in [4.69, 9.17) is 23.7 Å². The third kappa shape index (κ3) is 2.29. The van der Waals surface area contributed by atoms with Gasteiger partial charge >= 0.3 is 5.97 Å². The maximum atomic E-state index is 6.16. The van der Waals surface area contributed by atoms with E-state index in [1.54, 1.807) is 0 Å². The van der Waals surface area contributed by atoms with Crippen molar-refractivity contribution >= 4 is 0 Å². The van der Waals surface area contributed by atoms with Crippen molar-refractivity contribution in [2.75, 3.05) is 6.61 Å². The van der Waals surface area contributed by atoms with Crippen LogP contribution in [0.5, 0.6) is 0 Å². The number of ether oxygens (including phenoxy) is 5. The first kappa shape index (κ1) is 14.6. The third-order valence-corrected chi connectivity index (χ3v) is 4.68. The second kappa shape index (κ2) is 5.65. The van der Waals surface area contributed by atoms with Crippen LogP contribution in [0.2, 0.25) is 0 Å². The molecule has 0 aromatic heterocycles. The molecule has 4 saturated heterocycles. The van der Waals surface area contributed by atoms with Gasteiger partial charge < -0.3 is 18.9 Å². The van der Waals surface area contributed by atoms with E-state index in [1.165, 1.54) is 0 Å². The monoisotopic (exact) mass is 326 g/mol. The van der Waals surface area contributed by atoms with Crippen LogP contribution in [0.1, 0.15) is 11.1 Å². The molecular formula is C19H18O5. The molecule has 0 unspecified atom stereocenters. The number of benzene rings is 2. The quantitative estimate of drug-likeness (QED) is 0.864. The smallest absolute Gasteiger partial charge is 0.314 e. The number of hydrogen-bond acceptors (Lipinski definition) is 5. The topological polar surface area (TPSA) is 46.2 Å². The molecule has 4 bridgehead atoms. The van der Waals surface area contributed by atoms with Gasteiger partial charge in [-0.25, -0.2) is 0 Å². The molecule has 0 radical (unpaired) electrons. The van der Waals surface area contributed by atoms with Crippen LogP contribution in [0.3, 0.4) is 0 Å². The van der Waals surface area contributed by atoms with Gasteiger partial charge in [-0.05, 0) is 5.56 Å². The summed E-state index contributed by atoms with van der Waals surface area (Å²) in [6, 6.07) is 19.8. The van der Waals surface area contributed by atoms with Gasteiger partial charge in [-0.2, -0.15) is 0 Å². The van der Waals surface area contributed by atoms with E-state index in [1.807, 2.05) is 60.7 Å². The first-order valence-electron chi connectivity index (χ1n) is 8.20. The first-order valence-corrected chi connectivity index (χ1v) is 8.20. The Morgan fingerprint density at radius 3 is 2.50 bits per heavy atom. The van der Waals surface area contributed by atoms with E-state index in [-0.39, 0.29) is 18.3 Å². The minimum atomic E-state index is -1.18. The molecule has 4 fully saturated rings. The minimum Gasteiger partial charge on any atom is -0.368 e. The Bertz CT molecular complexity index is 706. The van der Waals surface area contributed by atoms with Crippen LogP contribution in [0.25, 0.3) is 0 Å². The van der Waals surface area contributed by atoms with E-state index in [2.05, 4.69) is 0 Å². The molecule has 124 valence electrons. The van der Waals surface area contributed by atoms with Gasteiger partial charge in [-0.15, -0.1) is 0 Å². The number of fused-ring (bicyclic) bond motifs is 1. The maximum absolute atomic E-state index is 6.16. The van der Waals surface area contributed by atoms with E-state index < -0.39 is 12.3 Å². The van der Waals surface area contributed by atoms with Gasteiger partial charge in [0.05, 0.1) is 13.2 Å². The van der Waals surface area contributed by atoms with Gasteiger partial charge in [-0.1, -0.05) is 60.7 Å². The fourth-order valence-corrected chi connectivity index (χ4v) is 3.50. The molecule has 0 spiro atoms. The van der Waals surface area contributed by atoms with Crippen molar-refractivity contribution in [3.8, 4) is 0 Å². The Balaban J connectivity index is 1.37. The summed E-state index contributed by atoms with van der Waals surface area (Å²) in [6.45, 7) is 0.887. The molecule has 24 heavy (non-hydrogen) atoms. The minimum absolute atomic E-state index is 0.184. The molecule has 2 aromatic rings. The summed E-state index contributed by atoms with van der Waals surface area (Å²) in [7, 11) is 0. The second-order valence-electron chi connectivity index (χ2n) is 6.24. The van der Waals surface area contributed by atoms with Gasteiger partial charge in [0.15, 0.2) is 6.29 Å². The molecular weight excluding hydrogens is 308 g/mol. The zero-order valence-corrected chi connectivity index (χ0v) is 13.0. The van der Waals surface area contributed by atoms with Gasteiger partial charge in [0.25, 0.3) is 0 Å². The molecule has 0 saturated carbocycles. The van der Waals surface area contributed by atoms with E-state index in [0.29, 0.717) is 13.2 Å². The fraction of sp³-hybridized carbons (Fsp3) is 0.368. The van der Waals surface area contributed by atoms with Gasteiger partial charge in [0.1, 0.15) is 18.3 Å². The summed E-state index contributed by atoms with van der Waals surface area (Å²) in [5, 5.41) is 0. The van der Waals surface area contributed by atoms with E-state index >= 15 is 0 Å². The van der Waals surface area contributed by atoms with Gasteiger partial charge in [0, 0.05) is 5.56 Å². The second-order valence-corrected chi connectivity index (χ2v) is 6.24.